The van der Waals surface area contributed by atoms with E-state index in [0.717, 1.165) is 38.5 Å². The van der Waals surface area contributed by atoms with Crippen LogP contribution in [0, 0.1) is 0 Å². The second kappa shape index (κ2) is 45.3. The summed E-state index contributed by atoms with van der Waals surface area (Å²) in [5, 5.41) is 0. The maximum Gasteiger partial charge on any atom is 0.472 e. The Hall–Kier alpha value is -1.25. The van der Waals surface area contributed by atoms with Gasteiger partial charge < -0.3 is 20.1 Å². The van der Waals surface area contributed by atoms with Gasteiger partial charge in [0, 0.05) is 19.4 Å². The number of nitrogens with two attached hydrogens (primary N) is 1. The van der Waals surface area contributed by atoms with Crippen LogP contribution in [0.3, 0.4) is 0 Å². The molecule has 0 rings (SSSR count). The van der Waals surface area contributed by atoms with E-state index < -0.39 is 26.5 Å². The van der Waals surface area contributed by atoms with Crippen LogP contribution in [-0.2, 0) is 32.7 Å². The van der Waals surface area contributed by atoms with E-state index in [-0.39, 0.29) is 38.6 Å². The van der Waals surface area contributed by atoms with Crippen LogP contribution in [0.15, 0.2) is 12.2 Å². The normalized spacial score (nSPS) is 13.2. The van der Waals surface area contributed by atoms with Gasteiger partial charge >= 0.3 is 19.8 Å². The van der Waals surface area contributed by atoms with Gasteiger partial charge in [-0.3, -0.25) is 18.6 Å². The van der Waals surface area contributed by atoms with Gasteiger partial charge in [0.2, 0.25) is 0 Å². The van der Waals surface area contributed by atoms with Gasteiger partial charge in [-0.1, -0.05) is 219 Å². The lowest BCUT2D eigenvalue weighted by Gasteiger charge is -2.19. The highest BCUT2D eigenvalue weighted by Crippen LogP contribution is 2.43. The molecule has 0 saturated heterocycles. The molecule has 0 spiro atoms. The molecule has 0 heterocycles. The van der Waals surface area contributed by atoms with E-state index in [1.807, 2.05) is 0 Å². The summed E-state index contributed by atoms with van der Waals surface area (Å²) >= 11 is 0. The highest BCUT2D eigenvalue weighted by atomic mass is 31.2. The SMILES string of the molecule is CCCC/C=C/CCCCCCCCCCCC(=O)O[C@H](COC(=O)CCCCCCCCCCCCCCCCCCCCCCCC)COP(=O)(O)OCCN. The fraction of sp³-hybridized carbons (Fsp3) is 0.917. The Kier molecular flexibility index (Phi) is 44.3. The quantitative estimate of drug-likeness (QED) is 0.0266. The van der Waals surface area contributed by atoms with Crippen LogP contribution in [0.25, 0.3) is 0 Å². The Balaban J connectivity index is 3.99. The fourth-order valence-electron chi connectivity index (χ4n) is 7.21. The first-order valence-electron chi connectivity index (χ1n) is 24.7. The molecule has 0 aliphatic heterocycles. The van der Waals surface area contributed by atoms with E-state index in [1.54, 1.807) is 0 Å². The number of unbranched alkanes of at least 4 members (excludes halogenated alkanes) is 32. The molecule has 0 fully saturated rings. The number of hydrogen-bond donors (Lipinski definition) is 2. The molecule has 0 aromatic heterocycles. The summed E-state index contributed by atoms with van der Waals surface area (Å²) in [6.45, 7) is 3.75. The average Bonchev–Trinajstić information content (AvgIpc) is 3.21. The van der Waals surface area contributed by atoms with E-state index in [1.165, 1.54) is 180 Å². The molecule has 0 radical (unpaired) electrons. The van der Waals surface area contributed by atoms with E-state index in [0.29, 0.717) is 6.42 Å². The Morgan fingerprint density at radius 1 is 0.500 bits per heavy atom. The van der Waals surface area contributed by atoms with Crippen LogP contribution >= 0.6 is 7.82 Å². The van der Waals surface area contributed by atoms with E-state index >= 15 is 0 Å². The first-order valence-corrected chi connectivity index (χ1v) is 26.2. The van der Waals surface area contributed by atoms with Crippen LogP contribution in [0.2, 0.25) is 0 Å². The number of hydrogen-bond acceptors (Lipinski definition) is 8. The van der Waals surface area contributed by atoms with Crippen molar-refractivity contribution < 1.29 is 37.6 Å². The number of rotatable bonds is 47. The third kappa shape index (κ3) is 44.3. The second-order valence-corrected chi connectivity index (χ2v) is 18.1. The van der Waals surface area contributed by atoms with Crippen molar-refractivity contribution in [1.29, 1.82) is 0 Å². The van der Waals surface area contributed by atoms with E-state index in [2.05, 4.69) is 26.0 Å². The topological polar surface area (TPSA) is 134 Å². The van der Waals surface area contributed by atoms with Crippen LogP contribution in [-0.4, -0.2) is 49.3 Å². The van der Waals surface area contributed by atoms with Crippen molar-refractivity contribution in [2.45, 2.75) is 258 Å². The maximum atomic E-state index is 12.6. The first-order chi connectivity index (χ1) is 28.3. The number of carbonyl (C=O) groups is 2. The molecule has 58 heavy (non-hydrogen) atoms. The standard InChI is InChI=1S/C48H94NO8P/c1-3-5-7-9-11-13-15-17-19-20-21-22-23-24-25-27-28-30-32-34-36-38-40-47(50)54-44-46(45-56-58(52,53)55-43-42-49)57-48(51)41-39-37-35-33-31-29-26-18-16-14-12-10-8-6-4-2/h10,12,46H,3-9,11,13-45,49H2,1-2H3,(H,52,53)/b12-10+/t46-/m1/s1. The van der Waals surface area contributed by atoms with Crippen molar-refractivity contribution in [2.24, 2.45) is 5.73 Å². The second-order valence-electron chi connectivity index (χ2n) is 16.7. The predicted molar refractivity (Wildman–Crippen MR) is 243 cm³/mol. The first kappa shape index (κ1) is 56.8. The lowest BCUT2D eigenvalue weighted by molar-refractivity contribution is -0.161. The molecule has 0 aromatic carbocycles. The summed E-state index contributed by atoms with van der Waals surface area (Å²) in [5.41, 5.74) is 5.36. The van der Waals surface area contributed by atoms with Crippen molar-refractivity contribution in [3.63, 3.8) is 0 Å². The molecule has 9 nitrogen and oxygen atoms in total. The number of allylic oxidation sites excluding steroid dienone is 2. The van der Waals surface area contributed by atoms with Crippen molar-refractivity contribution in [3.05, 3.63) is 12.2 Å². The summed E-state index contributed by atoms with van der Waals surface area (Å²) in [5.74, 6) is -0.816. The van der Waals surface area contributed by atoms with Gasteiger partial charge in [-0.15, -0.1) is 0 Å². The monoisotopic (exact) mass is 844 g/mol. The summed E-state index contributed by atoms with van der Waals surface area (Å²) in [6, 6.07) is 0. The maximum absolute atomic E-state index is 12.6. The molecule has 0 saturated carbocycles. The zero-order valence-electron chi connectivity index (χ0n) is 38.1. The lowest BCUT2D eigenvalue weighted by atomic mass is 10.0. The summed E-state index contributed by atoms with van der Waals surface area (Å²) < 4.78 is 32.9. The van der Waals surface area contributed by atoms with Gasteiger partial charge in [-0.05, 0) is 32.1 Å². The largest absolute Gasteiger partial charge is 0.472 e. The Labute approximate surface area is 358 Å². The highest BCUT2D eigenvalue weighted by molar-refractivity contribution is 7.47. The smallest absolute Gasteiger partial charge is 0.462 e. The van der Waals surface area contributed by atoms with Crippen molar-refractivity contribution in [2.75, 3.05) is 26.4 Å². The number of phosphoric ester groups is 1. The molecule has 0 aromatic rings. The van der Waals surface area contributed by atoms with E-state index in [9.17, 15) is 19.0 Å². The molecule has 2 atom stereocenters. The fourth-order valence-corrected chi connectivity index (χ4v) is 7.97. The zero-order chi connectivity index (χ0) is 42.5. The number of esters is 2. The van der Waals surface area contributed by atoms with Crippen LogP contribution in [0.4, 0.5) is 0 Å². The van der Waals surface area contributed by atoms with Crippen molar-refractivity contribution >= 4 is 19.8 Å². The molecular weight excluding hydrogens is 750 g/mol. The van der Waals surface area contributed by atoms with Gasteiger partial charge in [0.1, 0.15) is 6.61 Å². The van der Waals surface area contributed by atoms with Gasteiger partial charge in [0.15, 0.2) is 6.10 Å². The molecule has 344 valence electrons. The lowest BCUT2D eigenvalue weighted by Crippen LogP contribution is -2.29. The van der Waals surface area contributed by atoms with Gasteiger partial charge in [0.25, 0.3) is 0 Å². The summed E-state index contributed by atoms with van der Waals surface area (Å²) in [7, 11) is -4.37. The average molecular weight is 844 g/mol. The van der Waals surface area contributed by atoms with Crippen molar-refractivity contribution in [3.8, 4) is 0 Å². The van der Waals surface area contributed by atoms with E-state index in [4.69, 9.17) is 24.3 Å². The Morgan fingerprint density at radius 2 is 0.862 bits per heavy atom. The molecule has 0 aliphatic rings. The van der Waals surface area contributed by atoms with Crippen molar-refractivity contribution in [1.82, 2.24) is 0 Å². The van der Waals surface area contributed by atoms with Gasteiger partial charge in [-0.2, -0.15) is 0 Å². The minimum absolute atomic E-state index is 0.0561. The Bertz CT molecular complexity index is 964. The van der Waals surface area contributed by atoms with Gasteiger partial charge in [0.05, 0.1) is 13.2 Å². The van der Waals surface area contributed by atoms with Gasteiger partial charge in [-0.25, -0.2) is 4.57 Å². The zero-order valence-corrected chi connectivity index (χ0v) is 38.9. The summed E-state index contributed by atoms with van der Waals surface area (Å²) in [4.78, 5) is 35.0. The molecule has 0 bridgehead atoms. The number of ether oxygens (including phenoxy) is 2. The minimum atomic E-state index is -4.37. The molecule has 10 heteroatoms. The third-order valence-corrected chi connectivity index (χ3v) is 11.9. The highest BCUT2D eigenvalue weighted by Gasteiger charge is 2.26. The molecule has 1 unspecified atom stereocenters. The van der Waals surface area contributed by atoms with Crippen LogP contribution < -0.4 is 5.73 Å². The third-order valence-electron chi connectivity index (χ3n) is 10.9. The van der Waals surface area contributed by atoms with Crippen LogP contribution in [0.1, 0.15) is 251 Å². The Morgan fingerprint density at radius 3 is 1.28 bits per heavy atom. The molecule has 0 aliphatic carbocycles. The molecule has 0 amide bonds. The number of carbonyl (C=O) groups excluding carboxylic acids is 2. The predicted octanol–water partition coefficient (Wildman–Crippen LogP) is 14.6. The minimum Gasteiger partial charge on any atom is -0.462 e. The molecular formula is C48H94NO8P. The summed E-state index contributed by atoms with van der Waals surface area (Å²) in [6.07, 6.45) is 48.2. The molecule has 3 N–H and O–H groups in total. The van der Waals surface area contributed by atoms with Crippen LogP contribution in [0.5, 0.6) is 0 Å². The number of phosphoric acid groups is 1.